The van der Waals surface area contributed by atoms with Crippen molar-refractivity contribution >= 4 is 21.7 Å². The normalized spacial score (nSPS) is 20.3. The molecule has 1 saturated carbocycles. The van der Waals surface area contributed by atoms with Gasteiger partial charge in [0.15, 0.2) is 0 Å². The summed E-state index contributed by atoms with van der Waals surface area (Å²) >= 11 is 0. The van der Waals surface area contributed by atoms with Crippen molar-refractivity contribution < 1.29 is 13.2 Å². The van der Waals surface area contributed by atoms with E-state index in [-0.39, 0.29) is 17.0 Å². The number of nitrogens with zero attached hydrogens (tertiary/aromatic N) is 1. The average molecular weight is 380 g/mol. The Bertz CT molecular complexity index is 706. The smallest absolute Gasteiger partial charge is 0.319 e. The maximum Gasteiger partial charge on any atom is 0.319 e. The number of hydrogen-bond donors (Lipinski definition) is 2. The van der Waals surface area contributed by atoms with E-state index in [1.54, 1.807) is 24.3 Å². The molecule has 2 N–H and O–H groups in total. The molecule has 1 heterocycles. The molecule has 0 aromatic heterocycles. The Kier molecular flexibility index (Phi) is 6.53. The summed E-state index contributed by atoms with van der Waals surface area (Å²) in [5.41, 5.74) is 0.351. The third-order valence-corrected chi connectivity index (χ3v) is 7.22. The minimum atomic E-state index is -3.59. The van der Waals surface area contributed by atoms with Crippen LogP contribution in [-0.4, -0.2) is 37.9 Å². The Morgan fingerprint density at radius 2 is 1.54 bits per heavy atom. The zero-order valence-electron chi connectivity index (χ0n) is 15.2. The summed E-state index contributed by atoms with van der Waals surface area (Å²) in [6, 6.07) is 6.53. The number of hydrogen-bond acceptors (Lipinski definition) is 3. The highest BCUT2D eigenvalue weighted by Crippen LogP contribution is 2.27. The molecule has 3 rings (SSSR count). The predicted octanol–water partition coefficient (Wildman–Crippen LogP) is 3.71. The molecule has 0 atom stereocenters. The van der Waals surface area contributed by atoms with E-state index in [0.29, 0.717) is 18.8 Å². The van der Waals surface area contributed by atoms with Gasteiger partial charge in [-0.15, -0.1) is 0 Å². The lowest BCUT2D eigenvalue weighted by atomic mass is 10.1. The molecule has 1 aromatic carbocycles. The van der Waals surface area contributed by atoms with Gasteiger partial charge in [0.2, 0.25) is 10.0 Å². The maximum atomic E-state index is 13.0. The minimum absolute atomic E-state index is 0.170. The first-order valence-corrected chi connectivity index (χ1v) is 11.2. The quantitative estimate of drug-likeness (QED) is 0.783. The zero-order chi connectivity index (χ0) is 18.4. The second-order valence-corrected chi connectivity index (χ2v) is 9.15. The molecule has 1 aliphatic carbocycles. The van der Waals surface area contributed by atoms with E-state index in [4.69, 9.17) is 0 Å². The van der Waals surface area contributed by atoms with Gasteiger partial charge in [-0.25, -0.2) is 13.2 Å². The van der Waals surface area contributed by atoms with Gasteiger partial charge in [-0.05, 0) is 37.8 Å². The molecule has 1 aromatic rings. The van der Waals surface area contributed by atoms with Crippen molar-refractivity contribution in [3.63, 3.8) is 0 Å². The van der Waals surface area contributed by atoms with E-state index < -0.39 is 10.0 Å². The summed E-state index contributed by atoms with van der Waals surface area (Å²) in [5.74, 6) is 0. The number of carbonyl (C=O) groups excluding carboxylic acids is 1. The van der Waals surface area contributed by atoms with Crippen LogP contribution in [0.3, 0.4) is 0 Å². The van der Waals surface area contributed by atoms with E-state index in [1.807, 2.05) is 0 Å². The van der Waals surface area contributed by atoms with E-state index in [0.717, 1.165) is 44.9 Å². The van der Waals surface area contributed by atoms with Gasteiger partial charge in [0.25, 0.3) is 0 Å². The maximum absolute atomic E-state index is 13.0. The first-order chi connectivity index (χ1) is 12.6. The molecule has 0 spiro atoms. The number of piperidine rings is 1. The summed E-state index contributed by atoms with van der Waals surface area (Å²) in [7, 11) is -3.59. The van der Waals surface area contributed by atoms with Gasteiger partial charge in [0.1, 0.15) is 4.90 Å². The van der Waals surface area contributed by atoms with Gasteiger partial charge >= 0.3 is 6.03 Å². The molecule has 1 aliphatic heterocycles. The van der Waals surface area contributed by atoms with Crippen molar-refractivity contribution in [3.8, 4) is 0 Å². The average Bonchev–Trinajstić information content (AvgIpc) is 2.91. The molecule has 0 bridgehead atoms. The van der Waals surface area contributed by atoms with Crippen molar-refractivity contribution in [2.45, 2.75) is 68.7 Å². The Hall–Kier alpha value is -1.60. The molecule has 2 fully saturated rings. The predicted molar refractivity (Wildman–Crippen MR) is 103 cm³/mol. The Morgan fingerprint density at radius 1 is 0.923 bits per heavy atom. The monoisotopic (exact) mass is 379 g/mol. The molecule has 0 radical (unpaired) electrons. The zero-order valence-corrected chi connectivity index (χ0v) is 16.1. The molecular formula is C19H29N3O3S. The third-order valence-electron chi connectivity index (χ3n) is 5.26. The van der Waals surface area contributed by atoms with Gasteiger partial charge in [-0.1, -0.05) is 44.2 Å². The van der Waals surface area contributed by atoms with Gasteiger partial charge < -0.3 is 10.6 Å². The van der Waals surface area contributed by atoms with E-state index in [9.17, 15) is 13.2 Å². The lowest BCUT2D eigenvalue weighted by Crippen LogP contribution is -2.39. The van der Waals surface area contributed by atoms with E-state index in [2.05, 4.69) is 10.6 Å². The number of carbonyl (C=O) groups is 1. The van der Waals surface area contributed by atoms with Crippen LogP contribution in [0.5, 0.6) is 0 Å². The highest BCUT2D eigenvalue weighted by atomic mass is 32.2. The number of nitrogens with one attached hydrogen (secondary N) is 2. The van der Waals surface area contributed by atoms with Gasteiger partial charge in [0.05, 0.1) is 5.69 Å². The molecule has 2 aliphatic rings. The number of amides is 2. The number of rotatable bonds is 4. The van der Waals surface area contributed by atoms with Crippen LogP contribution >= 0.6 is 0 Å². The van der Waals surface area contributed by atoms with Crippen molar-refractivity contribution in [3.05, 3.63) is 24.3 Å². The van der Waals surface area contributed by atoms with Crippen LogP contribution in [0.4, 0.5) is 10.5 Å². The van der Waals surface area contributed by atoms with Crippen LogP contribution in [0.25, 0.3) is 0 Å². The lowest BCUT2D eigenvalue weighted by Gasteiger charge is -2.27. The fraction of sp³-hybridized carbons (Fsp3) is 0.632. The lowest BCUT2D eigenvalue weighted by molar-refractivity contribution is 0.247. The van der Waals surface area contributed by atoms with Crippen LogP contribution in [0.15, 0.2) is 29.2 Å². The largest absolute Gasteiger partial charge is 0.335 e. The Labute approximate surface area is 156 Å². The molecule has 1 saturated heterocycles. The summed E-state index contributed by atoms with van der Waals surface area (Å²) in [5, 5.41) is 5.77. The second kappa shape index (κ2) is 8.86. The van der Waals surface area contributed by atoms with Gasteiger partial charge in [-0.3, -0.25) is 0 Å². The SMILES string of the molecule is O=C(Nc1ccccc1S(=O)(=O)N1CCCCC1)NC1CCCCCC1. The number of para-hydroxylation sites is 1. The molecule has 2 amide bonds. The van der Waals surface area contributed by atoms with E-state index >= 15 is 0 Å². The van der Waals surface area contributed by atoms with Crippen molar-refractivity contribution in [1.29, 1.82) is 0 Å². The Morgan fingerprint density at radius 3 is 2.23 bits per heavy atom. The van der Waals surface area contributed by atoms with Gasteiger partial charge in [-0.2, -0.15) is 4.31 Å². The van der Waals surface area contributed by atoms with Crippen molar-refractivity contribution in [2.75, 3.05) is 18.4 Å². The highest BCUT2D eigenvalue weighted by molar-refractivity contribution is 7.89. The molecule has 6 nitrogen and oxygen atoms in total. The fourth-order valence-electron chi connectivity index (χ4n) is 3.81. The Balaban J connectivity index is 1.71. The second-order valence-electron chi connectivity index (χ2n) is 7.25. The van der Waals surface area contributed by atoms with Crippen LogP contribution in [0.1, 0.15) is 57.8 Å². The summed E-state index contributed by atoms with van der Waals surface area (Å²) < 4.78 is 27.5. The number of sulfonamides is 1. The van der Waals surface area contributed by atoms with Crippen LogP contribution < -0.4 is 10.6 Å². The standard InChI is InChI=1S/C19H29N3O3S/c23-19(20-16-10-4-1-2-5-11-16)21-17-12-6-7-13-18(17)26(24,25)22-14-8-3-9-15-22/h6-7,12-13,16H,1-5,8-11,14-15H2,(H2,20,21,23). The number of urea groups is 1. The van der Waals surface area contributed by atoms with Crippen LogP contribution in [0, 0.1) is 0 Å². The molecule has 26 heavy (non-hydrogen) atoms. The number of anilines is 1. The van der Waals surface area contributed by atoms with E-state index in [1.165, 1.54) is 17.1 Å². The fourth-order valence-corrected chi connectivity index (χ4v) is 5.47. The molecule has 7 heteroatoms. The molecule has 0 unspecified atom stereocenters. The van der Waals surface area contributed by atoms with Gasteiger partial charge in [0, 0.05) is 19.1 Å². The summed E-state index contributed by atoms with van der Waals surface area (Å²) in [4.78, 5) is 12.6. The molecule has 144 valence electrons. The topological polar surface area (TPSA) is 78.5 Å². The molecular weight excluding hydrogens is 350 g/mol. The minimum Gasteiger partial charge on any atom is -0.335 e. The van der Waals surface area contributed by atoms with Crippen molar-refractivity contribution in [1.82, 2.24) is 9.62 Å². The van der Waals surface area contributed by atoms with Crippen molar-refractivity contribution in [2.24, 2.45) is 0 Å². The first-order valence-electron chi connectivity index (χ1n) is 9.74. The van der Waals surface area contributed by atoms with Crippen LogP contribution in [-0.2, 0) is 10.0 Å². The summed E-state index contributed by atoms with van der Waals surface area (Å²) in [6.07, 6.45) is 9.51. The third kappa shape index (κ3) is 4.76. The first kappa shape index (κ1) is 19.2. The highest BCUT2D eigenvalue weighted by Gasteiger charge is 2.28. The number of benzene rings is 1. The summed E-state index contributed by atoms with van der Waals surface area (Å²) in [6.45, 7) is 1.09. The van der Waals surface area contributed by atoms with Crippen LogP contribution in [0.2, 0.25) is 0 Å².